The van der Waals surface area contributed by atoms with E-state index in [2.05, 4.69) is 30.5 Å². The van der Waals surface area contributed by atoms with Gasteiger partial charge in [0.1, 0.15) is 39.9 Å². The summed E-state index contributed by atoms with van der Waals surface area (Å²) in [5.41, 5.74) is 1.80. The smallest absolute Gasteiger partial charge is 0.259 e. The minimum atomic E-state index is -3.89. The number of nitrogens with zero attached hydrogens (tertiary/aromatic N) is 3. The average Bonchev–Trinajstić information content (AvgIpc) is 3.84. The summed E-state index contributed by atoms with van der Waals surface area (Å²) in [5, 5.41) is 6.42. The van der Waals surface area contributed by atoms with E-state index in [1.165, 1.54) is 15.8 Å². The van der Waals surface area contributed by atoms with Crippen molar-refractivity contribution in [2.45, 2.75) is 82.2 Å². The molecule has 2 aromatic heterocycles. The number of nitrogens with one attached hydrogen (secondary N) is 2. The summed E-state index contributed by atoms with van der Waals surface area (Å²) in [6.07, 6.45) is 2.26. The van der Waals surface area contributed by atoms with Crippen LogP contribution in [0.25, 0.3) is 21.6 Å². The Morgan fingerprint density at radius 3 is 2.55 bits per heavy atom. The van der Waals surface area contributed by atoms with Crippen LogP contribution in [0.1, 0.15) is 64.1 Å². The van der Waals surface area contributed by atoms with Gasteiger partial charge in [-0.25, -0.2) is 22.8 Å². The second-order valence-corrected chi connectivity index (χ2v) is 16.9. The van der Waals surface area contributed by atoms with Crippen molar-refractivity contribution in [3.05, 3.63) is 47.5 Å². The first kappa shape index (κ1) is 33.6. The lowest BCUT2D eigenvalue weighted by atomic mass is 9.99. The normalized spacial score (nSPS) is 26.6. The Balaban J connectivity index is 1.26. The number of aromatic nitrogens is 2. The van der Waals surface area contributed by atoms with Crippen molar-refractivity contribution in [1.29, 1.82) is 0 Å². The fourth-order valence-corrected chi connectivity index (χ4v) is 8.82. The second-order valence-electron chi connectivity index (χ2n) is 13.5. The molecular formula is C33H40ClN5O6S2. The Kier molecular flexibility index (Phi) is 8.59. The number of carbonyl (C=O) groups is 2. The molecule has 3 fully saturated rings. The Labute approximate surface area is 284 Å². The van der Waals surface area contributed by atoms with E-state index in [1.54, 1.807) is 20.1 Å². The van der Waals surface area contributed by atoms with E-state index in [-0.39, 0.29) is 18.9 Å². The lowest BCUT2D eigenvalue weighted by molar-refractivity contribution is -0.131. The quantitative estimate of drug-likeness (QED) is 0.207. The fraction of sp³-hybridized carbons (Fsp3) is 0.515. The predicted octanol–water partition coefficient (Wildman–Crippen LogP) is 5.08. The molecule has 2 N–H and O–H groups in total. The van der Waals surface area contributed by atoms with E-state index in [4.69, 9.17) is 31.2 Å². The zero-order valence-corrected chi connectivity index (χ0v) is 29.7. The maximum absolute atomic E-state index is 13.8. The van der Waals surface area contributed by atoms with E-state index >= 15 is 0 Å². The third-order valence-corrected chi connectivity index (χ3v) is 13.3. The van der Waals surface area contributed by atoms with Crippen LogP contribution in [0.3, 0.4) is 0 Å². The Bertz CT molecular complexity index is 1880. The largest absolute Gasteiger partial charge is 0.496 e. The third kappa shape index (κ3) is 5.89. The molecule has 5 atom stereocenters. The number of hydrogen-bond donors (Lipinski definition) is 2. The Hall–Kier alpha value is -3.26. The second kappa shape index (κ2) is 12.0. The van der Waals surface area contributed by atoms with E-state index < -0.39 is 56.1 Å². The SMILES string of the molecule is C=C[C@@H]1C[C@]1(NC(=O)[C@@H]1[C@H](C)[C@@H](Oc2cc(-c3nc(C(C)C)cs3)nc3c(C)c(OC)ccc23)CN1Cl)C(=O)NS(=O)(=O)C1(C)CC1. The van der Waals surface area contributed by atoms with Gasteiger partial charge in [0.15, 0.2) is 0 Å². The molecule has 0 unspecified atom stereocenters. The summed E-state index contributed by atoms with van der Waals surface area (Å²) >= 11 is 8.20. The van der Waals surface area contributed by atoms with Crippen LogP contribution in [0.2, 0.25) is 0 Å². The standard InChI is InChI=1S/C33H40ClN5O6S2/c1-8-20-14-33(20,31(41)38-47(42,43)32(6)11-12-32)37-29(40)28-19(5)26(15-39(28)34)45-25-13-22(30-36-23(16-46-30)17(2)3)35-27-18(4)24(44-7)10-9-21(25)27/h8-10,13,16-17,19-20,26,28H,1,11-12,14-15H2,2-7H3,(H,37,40)(H,38,41)/t19-,20-,26+,28+,33-/m1/s1. The van der Waals surface area contributed by atoms with E-state index in [1.807, 2.05) is 37.4 Å². The molecule has 3 heterocycles. The molecule has 11 nitrogen and oxygen atoms in total. The summed E-state index contributed by atoms with van der Waals surface area (Å²) in [7, 11) is -2.28. The van der Waals surface area contributed by atoms with Crippen molar-refractivity contribution in [1.82, 2.24) is 24.4 Å². The van der Waals surface area contributed by atoms with Crippen molar-refractivity contribution in [2.24, 2.45) is 11.8 Å². The number of ether oxygens (including phenoxy) is 2. The van der Waals surface area contributed by atoms with Crippen molar-refractivity contribution in [3.8, 4) is 22.2 Å². The van der Waals surface area contributed by atoms with Crippen LogP contribution >= 0.6 is 23.1 Å². The number of carbonyl (C=O) groups excluding carboxylic acids is 2. The van der Waals surface area contributed by atoms with Gasteiger partial charge in [-0.15, -0.1) is 17.9 Å². The van der Waals surface area contributed by atoms with Gasteiger partial charge in [-0.1, -0.05) is 26.8 Å². The van der Waals surface area contributed by atoms with Crippen LogP contribution < -0.4 is 19.5 Å². The maximum Gasteiger partial charge on any atom is 0.259 e. The first-order chi connectivity index (χ1) is 22.1. The zero-order chi connectivity index (χ0) is 34.1. The number of rotatable bonds is 11. The number of hydrogen-bond acceptors (Lipinski definition) is 10. The van der Waals surface area contributed by atoms with Crippen molar-refractivity contribution >= 4 is 55.9 Å². The highest BCUT2D eigenvalue weighted by molar-refractivity contribution is 7.91. The number of fused-ring (bicyclic) bond motifs is 1. The minimum Gasteiger partial charge on any atom is -0.496 e. The first-order valence-electron chi connectivity index (χ1n) is 15.7. The van der Waals surface area contributed by atoms with Crippen LogP contribution in [0, 0.1) is 18.8 Å². The van der Waals surface area contributed by atoms with Gasteiger partial charge in [-0.2, -0.15) is 0 Å². The van der Waals surface area contributed by atoms with Crippen molar-refractivity contribution < 1.29 is 27.5 Å². The minimum absolute atomic E-state index is 0.223. The van der Waals surface area contributed by atoms with Gasteiger partial charge < -0.3 is 14.8 Å². The first-order valence-corrected chi connectivity index (χ1v) is 18.4. The average molecular weight is 702 g/mol. The van der Waals surface area contributed by atoms with Gasteiger partial charge in [0, 0.05) is 34.2 Å². The summed E-state index contributed by atoms with van der Waals surface area (Å²) in [6, 6.07) is 4.79. The van der Waals surface area contributed by atoms with Gasteiger partial charge >= 0.3 is 0 Å². The molecule has 14 heteroatoms. The number of sulfonamides is 1. The molecule has 1 aromatic carbocycles. The molecule has 0 radical (unpaired) electrons. The molecule has 0 spiro atoms. The molecule has 2 aliphatic carbocycles. The third-order valence-electron chi connectivity index (χ3n) is 9.87. The van der Waals surface area contributed by atoms with Crippen LogP contribution in [-0.2, 0) is 19.6 Å². The Morgan fingerprint density at radius 2 is 1.96 bits per heavy atom. The van der Waals surface area contributed by atoms with E-state index in [0.29, 0.717) is 35.6 Å². The fourth-order valence-electron chi connectivity index (χ4n) is 6.17. The van der Waals surface area contributed by atoms with E-state index in [9.17, 15) is 18.0 Å². The summed E-state index contributed by atoms with van der Waals surface area (Å²) in [5.74, 6) is -0.521. The predicted molar refractivity (Wildman–Crippen MR) is 182 cm³/mol. The van der Waals surface area contributed by atoms with E-state index in [0.717, 1.165) is 21.7 Å². The highest BCUT2D eigenvalue weighted by atomic mass is 35.5. The summed E-state index contributed by atoms with van der Waals surface area (Å²) < 4.78 is 40.5. The van der Waals surface area contributed by atoms with Gasteiger partial charge in [0.25, 0.3) is 5.91 Å². The van der Waals surface area contributed by atoms with Crippen LogP contribution in [-0.4, -0.2) is 70.7 Å². The maximum atomic E-state index is 13.8. The molecule has 3 aliphatic rings. The highest BCUT2D eigenvalue weighted by Crippen LogP contribution is 2.47. The molecule has 1 aliphatic heterocycles. The molecule has 6 rings (SSSR count). The number of pyridine rings is 1. The molecule has 3 aromatic rings. The highest BCUT2D eigenvalue weighted by Gasteiger charge is 2.63. The van der Waals surface area contributed by atoms with Gasteiger partial charge in [-0.05, 0) is 62.9 Å². The van der Waals surface area contributed by atoms with Gasteiger partial charge in [-0.3, -0.25) is 14.3 Å². The molecule has 1 saturated heterocycles. The molecule has 252 valence electrons. The van der Waals surface area contributed by atoms with Crippen LogP contribution in [0.4, 0.5) is 0 Å². The number of halogens is 1. The van der Waals surface area contributed by atoms with Crippen molar-refractivity contribution in [2.75, 3.05) is 13.7 Å². The molecule has 2 amide bonds. The van der Waals surface area contributed by atoms with Crippen molar-refractivity contribution in [3.63, 3.8) is 0 Å². The van der Waals surface area contributed by atoms with Crippen LogP contribution in [0.5, 0.6) is 11.5 Å². The molecular weight excluding hydrogens is 662 g/mol. The van der Waals surface area contributed by atoms with Crippen LogP contribution in [0.15, 0.2) is 36.2 Å². The number of benzene rings is 1. The molecule has 47 heavy (non-hydrogen) atoms. The van der Waals surface area contributed by atoms with Gasteiger partial charge in [0.05, 0.1) is 29.6 Å². The number of aryl methyl sites for hydroxylation is 1. The topological polar surface area (TPSA) is 140 Å². The number of amides is 2. The number of methoxy groups -OCH3 is 1. The Morgan fingerprint density at radius 1 is 1.23 bits per heavy atom. The van der Waals surface area contributed by atoms with Gasteiger partial charge in [0.2, 0.25) is 15.9 Å². The lowest BCUT2D eigenvalue weighted by Crippen LogP contribution is -2.56. The summed E-state index contributed by atoms with van der Waals surface area (Å²) in [6.45, 7) is 13.6. The monoisotopic (exact) mass is 701 g/mol. The molecule has 2 saturated carbocycles. The lowest BCUT2D eigenvalue weighted by Gasteiger charge is -2.26. The zero-order valence-electron chi connectivity index (χ0n) is 27.3. The summed E-state index contributed by atoms with van der Waals surface area (Å²) in [4.78, 5) is 36.9. The number of thiazole rings is 1. The molecule has 0 bridgehead atoms.